The van der Waals surface area contributed by atoms with E-state index in [1.54, 1.807) is 7.11 Å². The molecule has 0 saturated carbocycles. The second-order valence-corrected chi connectivity index (χ2v) is 4.56. The SMILES string of the molecule is COc1cccc2cc(C(C)NCc3ncn[nH]3)oc12. The summed E-state index contributed by atoms with van der Waals surface area (Å²) in [4.78, 5) is 4.07. The fraction of sp³-hybridized carbons (Fsp3) is 0.286. The second kappa shape index (κ2) is 5.34. The molecule has 6 nitrogen and oxygen atoms in total. The Morgan fingerprint density at radius 2 is 2.35 bits per heavy atom. The van der Waals surface area contributed by atoms with E-state index in [1.165, 1.54) is 6.33 Å². The summed E-state index contributed by atoms with van der Waals surface area (Å²) in [5, 5.41) is 11.0. The van der Waals surface area contributed by atoms with Crippen LogP contribution in [0.4, 0.5) is 0 Å². The van der Waals surface area contributed by atoms with E-state index in [4.69, 9.17) is 9.15 Å². The minimum absolute atomic E-state index is 0.0669. The molecule has 2 aromatic heterocycles. The Morgan fingerprint density at radius 3 is 3.10 bits per heavy atom. The van der Waals surface area contributed by atoms with Crippen molar-refractivity contribution in [2.75, 3.05) is 7.11 Å². The fourth-order valence-electron chi connectivity index (χ4n) is 2.10. The van der Waals surface area contributed by atoms with Gasteiger partial charge in [0.25, 0.3) is 0 Å². The number of H-pyrrole nitrogens is 1. The number of fused-ring (bicyclic) bond motifs is 1. The standard InChI is InChI=1S/C14H16N4O2/c1-9(15-7-13-16-8-17-18-13)12-6-10-4-3-5-11(19-2)14(10)20-12/h3-6,8-9,15H,7H2,1-2H3,(H,16,17,18). The van der Waals surface area contributed by atoms with Gasteiger partial charge in [-0.05, 0) is 19.1 Å². The topological polar surface area (TPSA) is 76.0 Å². The van der Waals surface area contributed by atoms with Gasteiger partial charge in [-0.2, -0.15) is 5.10 Å². The van der Waals surface area contributed by atoms with E-state index in [2.05, 4.69) is 20.5 Å². The highest BCUT2D eigenvalue weighted by Gasteiger charge is 2.14. The van der Waals surface area contributed by atoms with Crippen LogP contribution in [0.3, 0.4) is 0 Å². The van der Waals surface area contributed by atoms with Crippen molar-refractivity contribution in [3.8, 4) is 5.75 Å². The van der Waals surface area contributed by atoms with Gasteiger partial charge in [0.05, 0.1) is 19.7 Å². The molecule has 0 saturated heterocycles. The lowest BCUT2D eigenvalue weighted by molar-refractivity contribution is 0.399. The fourth-order valence-corrected chi connectivity index (χ4v) is 2.10. The number of hydrogen-bond acceptors (Lipinski definition) is 5. The number of para-hydroxylation sites is 1. The Morgan fingerprint density at radius 1 is 1.45 bits per heavy atom. The van der Waals surface area contributed by atoms with Crippen LogP contribution in [0, 0.1) is 0 Å². The Balaban J connectivity index is 1.79. The summed E-state index contributed by atoms with van der Waals surface area (Å²) in [6.45, 7) is 2.65. The minimum Gasteiger partial charge on any atom is -0.493 e. The molecule has 3 rings (SSSR count). The van der Waals surface area contributed by atoms with Crippen molar-refractivity contribution >= 4 is 11.0 Å². The maximum atomic E-state index is 5.89. The zero-order valence-corrected chi connectivity index (χ0v) is 11.4. The molecular weight excluding hydrogens is 256 g/mol. The van der Waals surface area contributed by atoms with Gasteiger partial charge in [0.15, 0.2) is 11.3 Å². The van der Waals surface area contributed by atoms with Crippen molar-refractivity contribution in [1.29, 1.82) is 0 Å². The number of nitrogens with one attached hydrogen (secondary N) is 2. The molecule has 0 aliphatic rings. The lowest BCUT2D eigenvalue weighted by atomic mass is 10.2. The highest BCUT2D eigenvalue weighted by Crippen LogP contribution is 2.30. The minimum atomic E-state index is 0.0669. The van der Waals surface area contributed by atoms with Gasteiger partial charge in [0, 0.05) is 5.39 Å². The third kappa shape index (κ3) is 2.37. The van der Waals surface area contributed by atoms with Crippen LogP contribution in [-0.4, -0.2) is 22.3 Å². The zero-order chi connectivity index (χ0) is 13.9. The van der Waals surface area contributed by atoms with Crippen LogP contribution >= 0.6 is 0 Å². The van der Waals surface area contributed by atoms with Crippen molar-refractivity contribution in [2.45, 2.75) is 19.5 Å². The lowest BCUT2D eigenvalue weighted by Crippen LogP contribution is -2.18. The molecule has 6 heteroatoms. The quantitative estimate of drug-likeness (QED) is 0.746. The first-order valence-electron chi connectivity index (χ1n) is 6.42. The summed E-state index contributed by atoms with van der Waals surface area (Å²) < 4.78 is 11.2. The van der Waals surface area contributed by atoms with Gasteiger partial charge < -0.3 is 14.5 Å². The lowest BCUT2D eigenvalue weighted by Gasteiger charge is -2.09. The molecule has 0 aliphatic heterocycles. The average Bonchev–Trinajstić information content (AvgIpc) is 3.12. The molecule has 0 fully saturated rings. The first-order valence-corrected chi connectivity index (χ1v) is 6.42. The molecule has 0 bridgehead atoms. The van der Waals surface area contributed by atoms with Crippen molar-refractivity contribution in [2.24, 2.45) is 0 Å². The van der Waals surface area contributed by atoms with E-state index in [1.807, 2.05) is 31.2 Å². The van der Waals surface area contributed by atoms with E-state index in [0.717, 1.165) is 28.3 Å². The van der Waals surface area contributed by atoms with Crippen LogP contribution in [0.25, 0.3) is 11.0 Å². The number of hydrogen-bond donors (Lipinski definition) is 2. The Bertz CT molecular complexity index is 690. The predicted octanol–water partition coefficient (Wildman–Crippen LogP) is 2.41. The summed E-state index contributed by atoms with van der Waals surface area (Å²) >= 11 is 0. The van der Waals surface area contributed by atoms with E-state index < -0.39 is 0 Å². The normalized spacial score (nSPS) is 12.7. The van der Waals surface area contributed by atoms with Crippen LogP contribution in [-0.2, 0) is 6.54 Å². The molecule has 1 aromatic carbocycles. The van der Waals surface area contributed by atoms with E-state index in [9.17, 15) is 0 Å². The highest BCUT2D eigenvalue weighted by atomic mass is 16.5. The first-order chi connectivity index (χ1) is 9.78. The second-order valence-electron chi connectivity index (χ2n) is 4.56. The highest BCUT2D eigenvalue weighted by molar-refractivity contribution is 5.83. The zero-order valence-electron chi connectivity index (χ0n) is 11.4. The van der Waals surface area contributed by atoms with Crippen LogP contribution in [0.15, 0.2) is 35.0 Å². The monoisotopic (exact) mass is 272 g/mol. The Kier molecular flexibility index (Phi) is 3.39. The smallest absolute Gasteiger partial charge is 0.176 e. The van der Waals surface area contributed by atoms with E-state index in [-0.39, 0.29) is 6.04 Å². The Hall–Kier alpha value is -2.34. The molecule has 0 aliphatic carbocycles. The number of aromatic nitrogens is 3. The third-order valence-electron chi connectivity index (χ3n) is 3.21. The average molecular weight is 272 g/mol. The Labute approximate surface area is 116 Å². The van der Waals surface area contributed by atoms with Gasteiger partial charge in [-0.1, -0.05) is 12.1 Å². The van der Waals surface area contributed by atoms with Crippen molar-refractivity contribution < 1.29 is 9.15 Å². The molecular formula is C14H16N4O2. The largest absolute Gasteiger partial charge is 0.493 e. The first kappa shape index (κ1) is 12.7. The summed E-state index contributed by atoms with van der Waals surface area (Å²) in [5.41, 5.74) is 0.776. The van der Waals surface area contributed by atoms with Gasteiger partial charge in [0.1, 0.15) is 17.9 Å². The predicted molar refractivity (Wildman–Crippen MR) is 74.4 cm³/mol. The van der Waals surface area contributed by atoms with Crippen molar-refractivity contribution in [3.63, 3.8) is 0 Å². The van der Waals surface area contributed by atoms with Crippen molar-refractivity contribution in [1.82, 2.24) is 20.5 Å². The van der Waals surface area contributed by atoms with Gasteiger partial charge in [-0.3, -0.25) is 5.10 Å². The van der Waals surface area contributed by atoms with Gasteiger partial charge in [0.2, 0.25) is 0 Å². The molecule has 0 amide bonds. The van der Waals surface area contributed by atoms with Crippen LogP contribution in [0.5, 0.6) is 5.75 Å². The van der Waals surface area contributed by atoms with Crippen LogP contribution < -0.4 is 10.1 Å². The maximum absolute atomic E-state index is 5.89. The van der Waals surface area contributed by atoms with Crippen LogP contribution in [0.2, 0.25) is 0 Å². The van der Waals surface area contributed by atoms with Gasteiger partial charge >= 0.3 is 0 Å². The molecule has 2 N–H and O–H groups in total. The van der Waals surface area contributed by atoms with Crippen molar-refractivity contribution in [3.05, 3.63) is 42.2 Å². The molecule has 2 heterocycles. The molecule has 0 spiro atoms. The summed E-state index contributed by atoms with van der Waals surface area (Å²) in [5.74, 6) is 2.41. The number of ether oxygens (including phenoxy) is 1. The van der Waals surface area contributed by atoms with Gasteiger partial charge in [-0.25, -0.2) is 4.98 Å². The molecule has 0 radical (unpaired) electrons. The molecule has 104 valence electrons. The molecule has 1 unspecified atom stereocenters. The van der Waals surface area contributed by atoms with Crippen LogP contribution in [0.1, 0.15) is 24.6 Å². The molecule has 3 aromatic rings. The summed E-state index contributed by atoms with van der Waals surface area (Å²) in [7, 11) is 1.64. The molecule has 20 heavy (non-hydrogen) atoms. The van der Waals surface area contributed by atoms with Gasteiger partial charge in [-0.15, -0.1) is 0 Å². The maximum Gasteiger partial charge on any atom is 0.176 e. The number of nitrogens with zero attached hydrogens (tertiary/aromatic N) is 2. The van der Waals surface area contributed by atoms with E-state index in [0.29, 0.717) is 6.54 Å². The summed E-state index contributed by atoms with van der Waals surface area (Å²) in [6, 6.07) is 7.94. The number of furan rings is 1. The molecule has 1 atom stereocenters. The number of rotatable bonds is 5. The van der Waals surface area contributed by atoms with E-state index >= 15 is 0 Å². The third-order valence-corrected chi connectivity index (χ3v) is 3.21. The summed E-state index contributed by atoms with van der Waals surface area (Å²) in [6.07, 6.45) is 1.49. The number of methoxy groups -OCH3 is 1. The number of aromatic amines is 1. The number of benzene rings is 1.